The highest BCUT2D eigenvalue weighted by atomic mass is 16.1. The molecule has 3 nitrogen and oxygen atoms in total. The molecule has 1 heterocycles. The number of rotatable bonds is 3. The fourth-order valence-corrected chi connectivity index (χ4v) is 2.40. The van der Waals surface area contributed by atoms with Gasteiger partial charge in [0.1, 0.15) is 0 Å². The van der Waals surface area contributed by atoms with E-state index < -0.39 is 0 Å². The molecular weight excluding hydrogens is 260 g/mol. The molecule has 0 saturated carbocycles. The Balaban J connectivity index is 2.28. The molecule has 0 aliphatic rings. The highest BCUT2D eigenvalue weighted by Crippen LogP contribution is 2.29. The van der Waals surface area contributed by atoms with E-state index in [9.17, 15) is 4.79 Å². The van der Waals surface area contributed by atoms with Crippen molar-refractivity contribution in [3.05, 3.63) is 82.6 Å². The number of hydrogen-bond acceptors (Lipinski definition) is 2. The minimum absolute atomic E-state index is 0.129. The van der Waals surface area contributed by atoms with Crippen molar-refractivity contribution in [2.75, 3.05) is 0 Å². The maximum absolute atomic E-state index is 12.1. The minimum Gasteiger partial charge on any atom is -0.326 e. The molecular formula is C18H16N2O. The molecule has 3 rings (SSSR count). The first kappa shape index (κ1) is 13.3. The minimum atomic E-state index is -0.129. The number of H-pyrrole nitrogens is 1. The van der Waals surface area contributed by atoms with Gasteiger partial charge in [0.05, 0.1) is 5.69 Å². The molecule has 3 heteroatoms. The van der Waals surface area contributed by atoms with Crippen LogP contribution in [0.5, 0.6) is 0 Å². The first-order valence-electron chi connectivity index (χ1n) is 6.86. The Labute approximate surface area is 123 Å². The van der Waals surface area contributed by atoms with Gasteiger partial charge in [-0.25, -0.2) is 0 Å². The van der Waals surface area contributed by atoms with Crippen LogP contribution in [-0.2, 0) is 6.54 Å². The Bertz CT molecular complexity index is 792. The van der Waals surface area contributed by atoms with Gasteiger partial charge in [-0.3, -0.25) is 4.79 Å². The zero-order chi connectivity index (χ0) is 14.7. The Morgan fingerprint density at radius 1 is 0.857 bits per heavy atom. The van der Waals surface area contributed by atoms with Gasteiger partial charge >= 0.3 is 0 Å². The van der Waals surface area contributed by atoms with Gasteiger partial charge in [0.15, 0.2) is 0 Å². The van der Waals surface area contributed by atoms with Crippen LogP contribution in [0.3, 0.4) is 0 Å². The van der Waals surface area contributed by atoms with Crippen LogP contribution in [0.2, 0.25) is 0 Å². The van der Waals surface area contributed by atoms with Crippen molar-refractivity contribution in [2.24, 2.45) is 5.73 Å². The summed E-state index contributed by atoms with van der Waals surface area (Å²) in [6, 6.07) is 21.7. The molecule has 0 aliphatic heterocycles. The fraction of sp³-hybridized carbons (Fsp3) is 0.0556. The molecule has 104 valence electrons. The lowest BCUT2D eigenvalue weighted by Gasteiger charge is -2.11. The van der Waals surface area contributed by atoms with E-state index in [-0.39, 0.29) is 12.1 Å². The van der Waals surface area contributed by atoms with Crippen LogP contribution in [0.25, 0.3) is 22.4 Å². The van der Waals surface area contributed by atoms with Gasteiger partial charge in [0.2, 0.25) is 0 Å². The summed E-state index contributed by atoms with van der Waals surface area (Å²) in [7, 11) is 0. The largest absolute Gasteiger partial charge is 0.326 e. The topological polar surface area (TPSA) is 58.9 Å². The predicted molar refractivity (Wildman–Crippen MR) is 85.8 cm³/mol. The Kier molecular flexibility index (Phi) is 3.67. The number of benzene rings is 2. The summed E-state index contributed by atoms with van der Waals surface area (Å²) < 4.78 is 0. The summed E-state index contributed by atoms with van der Waals surface area (Å²) in [5.74, 6) is 0. The second-order valence-corrected chi connectivity index (χ2v) is 4.85. The highest BCUT2D eigenvalue weighted by molar-refractivity contribution is 5.80. The Morgan fingerprint density at radius 3 is 2.00 bits per heavy atom. The van der Waals surface area contributed by atoms with E-state index >= 15 is 0 Å². The summed E-state index contributed by atoms with van der Waals surface area (Å²) in [6.07, 6.45) is 0. The molecule has 0 spiro atoms. The lowest BCUT2D eigenvalue weighted by Crippen LogP contribution is -2.17. The maximum Gasteiger partial charge on any atom is 0.252 e. The summed E-state index contributed by atoms with van der Waals surface area (Å²) >= 11 is 0. The fourth-order valence-electron chi connectivity index (χ4n) is 2.40. The second-order valence-electron chi connectivity index (χ2n) is 4.85. The molecule has 0 aliphatic carbocycles. The first-order valence-corrected chi connectivity index (χ1v) is 6.86. The average Bonchev–Trinajstić information content (AvgIpc) is 2.56. The van der Waals surface area contributed by atoms with Crippen molar-refractivity contribution in [2.45, 2.75) is 6.54 Å². The molecule has 0 bridgehead atoms. The summed E-state index contributed by atoms with van der Waals surface area (Å²) in [5.41, 5.74) is 9.98. The van der Waals surface area contributed by atoms with Crippen molar-refractivity contribution in [3.8, 4) is 22.4 Å². The third-order valence-electron chi connectivity index (χ3n) is 3.49. The van der Waals surface area contributed by atoms with E-state index in [4.69, 9.17) is 5.73 Å². The van der Waals surface area contributed by atoms with E-state index in [0.717, 1.165) is 22.4 Å². The Hall–Kier alpha value is -2.65. The van der Waals surface area contributed by atoms with Crippen molar-refractivity contribution >= 4 is 0 Å². The van der Waals surface area contributed by atoms with Crippen LogP contribution >= 0.6 is 0 Å². The molecule has 2 aromatic carbocycles. The van der Waals surface area contributed by atoms with E-state index in [2.05, 4.69) is 4.98 Å². The molecule has 0 atom stereocenters. The van der Waals surface area contributed by atoms with Gasteiger partial charge in [-0.15, -0.1) is 0 Å². The first-order chi connectivity index (χ1) is 10.3. The third kappa shape index (κ3) is 2.64. The molecule has 1 aromatic heterocycles. The molecule has 3 aromatic rings. The molecule has 0 fully saturated rings. The molecule has 0 unspecified atom stereocenters. The van der Waals surface area contributed by atoms with Crippen molar-refractivity contribution < 1.29 is 0 Å². The molecule has 21 heavy (non-hydrogen) atoms. The molecule has 3 N–H and O–H groups in total. The van der Waals surface area contributed by atoms with Gasteiger partial charge in [0.25, 0.3) is 5.56 Å². The standard InChI is InChI=1S/C18H16N2O/c19-12-15-11-16(13-7-3-1-4-8-13)17(20-18(15)21)14-9-5-2-6-10-14/h1-11H,12,19H2,(H,20,21). The van der Waals surface area contributed by atoms with E-state index in [1.54, 1.807) is 0 Å². The highest BCUT2D eigenvalue weighted by Gasteiger charge is 2.11. The molecule has 0 radical (unpaired) electrons. The smallest absolute Gasteiger partial charge is 0.252 e. The zero-order valence-electron chi connectivity index (χ0n) is 11.5. The van der Waals surface area contributed by atoms with E-state index in [0.29, 0.717) is 5.56 Å². The zero-order valence-corrected chi connectivity index (χ0v) is 11.5. The SMILES string of the molecule is NCc1cc(-c2ccccc2)c(-c2ccccc2)[nH]c1=O. The van der Waals surface area contributed by atoms with Gasteiger partial charge in [0, 0.05) is 17.7 Å². The van der Waals surface area contributed by atoms with Crippen molar-refractivity contribution in [1.29, 1.82) is 0 Å². The second kappa shape index (κ2) is 5.77. The number of nitrogens with one attached hydrogen (secondary N) is 1. The Morgan fingerprint density at radius 2 is 1.43 bits per heavy atom. The summed E-state index contributed by atoms with van der Waals surface area (Å²) in [6.45, 7) is 0.226. The summed E-state index contributed by atoms with van der Waals surface area (Å²) in [4.78, 5) is 15.1. The van der Waals surface area contributed by atoms with E-state index in [1.165, 1.54) is 0 Å². The number of aromatic amines is 1. The predicted octanol–water partition coefficient (Wildman–Crippen LogP) is 3.17. The van der Waals surface area contributed by atoms with Crippen LogP contribution in [0.15, 0.2) is 71.5 Å². The van der Waals surface area contributed by atoms with E-state index in [1.807, 2.05) is 66.7 Å². The maximum atomic E-state index is 12.1. The van der Waals surface area contributed by atoms with Crippen LogP contribution in [-0.4, -0.2) is 4.98 Å². The number of pyridine rings is 1. The van der Waals surface area contributed by atoms with Gasteiger partial charge in [-0.05, 0) is 17.2 Å². The van der Waals surface area contributed by atoms with Crippen molar-refractivity contribution in [3.63, 3.8) is 0 Å². The quantitative estimate of drug-likeness (QED) is 0.772. The lowest BCUT2D eigenvalue weighted by molar-refractivity contribution is 1.02. The van der Waals surface area contributed by atoms with Crippen LogP contribution in [0.4, 0.5) is 0 Å². The average molecular weight is 276 g/mol. The van der Waals surface area contributed by atoms with Crippen LogP contribution < -0.4 is 11.3 Å². The van der Waals surface area contributed by atoms with Gasteiger partial charge in [-0.1, -0.05) is 60.7 Å². The van der Waals surface area contributed by atoms with Crippen LogP contribution in [0.1, 0.15) is 5.56 Å². The monoisotopic (exact) mass is 276 g/mol. The molecule has 0 amide bonds. The summed E-state index contributed by atoms with van der Waals surface area (Å²) in [5, 5.41) is 0. The van der Waals surface area contributed by atoms with Gasteiger partial charge in [-0.2, -0.15) is 0 Å². The third-order valence-corrected chi connectivity index (χ3v) is 3.49. The normalized spacial score (nSPS) is 10.5. The number of nitrogens with two attached hydrogens (primary N) is 1. The number of hydrogen-bond donors (Lipinski definition) is 2. The van der Waals surface area contributed by atoms with Crippen molar-refractivity contribution in [1.82, 2.24) is 4.98 Å². The number of aromatic nitrogens is 1. The lowest BCUT2D eigenvalue weighted by atomic mass is 9.98. The van der Waals surface area contributed by atoms with Gasteiger partial charge < -0.3 is 10.7 Å². The molecule has 0 saturated heterocycles. The van der Waals surface area contributed by atoms with Crippen LogP contribution in [0, 0.1) is 0 Å².